The molecule has 0 aliphatic rings. The summed E-state index contributed by atoms with van der Waals surface area (Å²) in [5, 5.41) is 1.20. The lowest BCUT2D eigenvalue weighted by atomic mass is 10.2. The summed E-state index contributed by atoms with van der Waals surface area (Å²) in [6.07, 6.45) is 0. The first kappa shape index (κ1) is 15.0. The molecular formula is C16H14N2O2S2. The maximum absolute atomic E-state index is 12.5. The Morgan fingerprint density at radius 3 is 2.73 bits per heavy atom. The van der Waals surface area contributed by atoms with Crippen LogP contribution in [0.15, 0.2) is 46.3 Å². The molecule has 0 aliphatic carbocycles. The smallest absolute Gasteiger partial charge is 0.262 e. The van der Waals surface area contributed by atoms with E-state index in [-0.39, 0.29) is 11.3 Å². The lowest BCUT2D eigenvalue weighted by Gasteiger charge is -2.05. The zero-order chi connectivity index (χ0) is 15.7. The number of ketones is 1. The van der Waals surface area contributed by atoms with Gasteiger partial charge in [0.05, 0.1) is 11.1 Å². The average molecular weight is 330 g/mol. The van der Waals surface area contributed by atoms with Crippen molar-refractivity contribution in [3.63, 3.8) is 0 Å². The van der Waals surface area contributed by atoms with E-state index in [0.29, 0.717) is 21.1 Å². The molecule has 0 saturated carbocycles. The quantitative estimate of drug-likeness (QED) is 0.544. The van der Waals surface area contributed by atoms with Gasteiger partial charge in [0, 0.05) is 11.9 Å². The zero-order valence-corrected chi connectivity index (χ0v) is 13.8. The van der Waals surface area contributed by atoms with E-state index in [2.05, 4.69) is 4.98 Å². The van der Waals surface area contributed by atoms with Crippen molar-refractivity contribution in [3.8, 4) is 10.4 Å². The molecule has 2 heterocycles. The summed E-state index contributed by atoms with van der Waals surface area (Å²) in [6.45, 7) is 1.53. The van der Waals surface area contributed by atoms with Gasteiger partial charge in [0.2, 0.25) is 0 Å². The predicted molar refractivity (Wildman–Crippen MR) is 91.7 cm³/mol. The van der Waals surface area contributed by atoms with Gasteiger partial charge in [-0.2, -0.15) is 0 Å². The van der Waals surface area contributed by atoms with Gasteiger partial charge in [-0.05, 0) is 18.6 Å². The van der Waals surface area contributed by atoms with Gasteiger partial charge in [0.1, 0.15) is 10.6 Å². The number of carbonyl (C=O) groups excluding carboxylic acids is 1. The number of carbonyl (C=O) groups is 1. The molecule has 6 heteroatoms. The maximum atomic E-state index is 12.5. The number of hydrogen-bond donors (Lipinski definition) is 0. The molecule has 0 amide bonds. The minimum Gasteiger partial charge on any atom is -0.299 e. The van der Waals surface area contributed by atoms with Crippen LogP contribution in [0.2, 0.25) is 0 Å². The molecule has 0 atom stereocenters. The fourth-order valence-corrected chi connectivity index (χ4v) is 3.94. The lowest BCUT2D eigenvalue weighted by Crippen LogP contribution is -2.19. The summed E-state index contributed by atoms with van der Waals surface area (Å²) < 4.78 is 1.51. The number of thioether (sulfide) groups is 1. The molecular weight excluding hydrogens is 316 g/mol. The van der Waals surface area contributed by atoms with Gasteiger partial charge >= 0.3 is 0 Å². The van der Waals surface area contributed by atoms with E-state index in [4.69, 9.17) is 0 Å². The summed E-state index contributed by atoms with van der Waals surface area (Å²) in [4.78, 5) is 29.9. The number of rotatable bonds is 4. The number of Topliss-reactive ketones (excluding diaryl/α,β-unsaturated/α-hetero) is 1. The fourth-order valence-electron chi connectivity index (χ4n) is 2.09. The van der Waals surface area contributed by atoms with Gasteiger partial charge in [0.15, 0.2) is 5.16 Å². The number of benzene rings is 1. The minimum absolute atomic E-state index is 0.0653. The Balaban J connectivity index is 2.10. The van der Waals surface area contributed by atoms with Crippen LogP contribution in [0.3, 0.4) is 0 Å². The number of thiophene rings is 1. The van der Waals surface area contributed by atoms with Crippen molar-refractivity contribution in [2.24, 2.45) is 7.05 Å². The van der Waals surface area contributed by atoms with Crippen LogP contribution in [0.1, 0.15) is 6.92 Å². The van der Waals surface area contributed by atoms with Gasteiger partial charge in [0.25, 0.3) is 5.56 Å². The third-order valence-corrected chi connectivity index (χ3v) is 5.45. The zero-order valence-electron chi connectivity index (χ0n) is 12.2. The summed E-state index contributed by atoms with van der Waals surface area (Å²) in [5.41, 5.74) is 1.000. The maximum Gasteiger partial charge on any atom is 0.262 e. The second kappa shape index (κ2) is 6.06. The van der Waals surface area contributed by atoms with Crippen LogP contribution in [0.5, 0.6) is 0 Å². The van der Waals surface area contributed by atoms with E-state index >= 15 is 0 Å². The SMILES string of the molecule is CC(=O)CSc1nc2sc(-c3ccccc3)cc2c(=O)n1C. The van der Waals surface area contributed by atoms with Crippen LogP contribution in [0, 0.1) is 0 Å². The second-order valence-corrected chi connectivity index (χ2v) is 6.92. The number of hydrogen-bond acceptors (Lipinski definition) is 5. The molecule has 0 spiro atoms. The summed E-state index contributed by atoms with van der Waals surface area (Å²) >= 11 is 2.80. The van der Waals surface area contributed by atoms with Crippen LogP contribution >= 0.6 is 23.1 Å². The Labute approximate surface area is 135 Å². The highest BCUT2D eigenvalue weighted by atomic mass is 32.2. The van der Waals surface area contributed by atoms with E-state index in [0.717, 1.165) is 10.4 Å². The van der Waals surface area contributed by atoms with Crippen LogP contribution < -0.4 is 5.56 Å². The van der Waals surface area contributed by atoms with Crippen molar-refractivity contribution >= 4 is 39.1 Å². The third kappa shape index (κ3) is 2.84. The Morgan fingerprint density at radius 2 is 2.05 bits per heavy atom. The fraction of sp³-hybridized carbons (Fsp3) is 0.188. The van der Waals surface area contributed by atoms with Gasteiger partial charge in [-0.3, -0.25) is 14.2 Å². The predicted octanol–water partition coefficient (Wildman–Crippen LogP) is 3.34. The molecule has 3 rings (SSSR count). The molecule has 22 heavy (non-hydrogen) atoms. The summed E-state index contributed by atoms with van der Waals surface area (Å²) in [7, 11) is 1.69. The molecule has 0 saturated heterocycles. The van der Waals surface area contributed by atoms with Crippen LogP contribution in [0.25, 0.3) is 20.7 Å². The van der Waals surface area contributed by atoms with Crippen molar-refractivity contribution in [2.45, 2.75) is 12.1 Å². The van der Waals surface area contributed by atoms with Crippen molar-refractivity contribution in [3.05, 3.63) is 46.8 Å². The van der Waals surface area contributed by atoms with E-state index in [1.807, 2.05) is 36.4 Å². The molecule has 0 aliphatic heterocycles. The molecule has 0 radical (unpaired) electrons. The van der Waals surface area contributed by atoms with Crippen molar-refractivity contribution in [1.29, 1.82) is 0 Å². The van der Waals surface area contributed by atoms with Crippen LogP contribution in [0.4, 0.5) is 0 Å². The normalized spacial score (nSPS) is 11.0. The highest BCUT2D eigenvalue weighted by Gasteiger charge is 2.13. The first-order valence-corrected chi connectivity index (χ1v) is 8.54. The third-order valence-electron chi connectivity index (χ3n) is 3.19. The molecule has 4 nitrogen and oxygen atoms in total. The average Bonchev–Trinajstić information content (AvgIpc) is 2.94. The Hall–Kier alpha value is -1.92. The lowest BCUT2D eigenvalue weighted by molar-refractivity contribution is -0.114. The second-order valence-electron chi connectivity index (χ2n) is 4.94. The first-order valence-electron chi connectivity index (χ1n) is 6.74. The van der Waals surface area contributed by atoms with Crippen LogP contribution in [-0.4, -0.2) is 21.1 Å². The van der Waals surface area contributed by atoms with E-state index in [1.54, 1.807) is 7.05 Å². The molecule has 0 bridgehead atoms. The minimum atomic E-state index is -0.0746. The molecule has 0 unspecified atom stereocenters. The molecule has 2 aromatic heterocycles. The van der Waals surface area contributed by atoms with Gasteiger partial charge < -0.3 is 0 Å². The number of aromatic nitrogens is 2. The number of nitrogens with zero attached hydrogens (tertiary/aromatic N) is 2. The highest BCUT2D eigenvalue weighted by molar-refractivity contribution is 7.99. The number of fused-ring (bicyclic) bond motifs is 1. The van der Waals surface area contributed by atoms with Gasteiger partial charge in [-0.25, -0.2) is 4.98 Å². The topological polar surface area (TPSA) is 52.0 Å². The van der Waals surface area contributed by atoms with Gasteiger partial charge in [-0.15, -0.1) is 11.3 Å². The largest absolute Gasteiger partial charge is 0.299 e. The molecule has 112 valence electrons. The van der Waals surface area contributed by atoms with E-state index in [1.165, 1.54) is 34.6 Å². The van der Waals surface area contributed by atoms with E-state index < -0.39 is 0 Å². The van der Waals surface area contributed by atoms with Crippen LogP contribution in [-0.2, 0) is 11.8 Å². The molecule has 0 fully saturated rings. The molecule has 3 aromatic rings. The van der Waals surface area contributed by atoms with Crippen molar-refractivity contribution < 1.29 is 4.79 Å². The standard InChI is InChI=1S/C16H14N2O2S2/c1-10(19)9-21-16-17-14-12(15(20)18(16)2)8-13(22-14)11-6-4-3-5-7-11/h3-8H,9H2,1-2H3. The van der Waals surface area contributed by atoms with E-state index in [9.17, 15) is 9.59 Å². The Morgan fingerprint density at radius 1 is 1.32 bits per heavy atom. The molecule has 0 N–H and O–H groups in total. The van der Waals surface area contributed by atoms with Gasteiger partial charge in [-0.1, -0.05) is 42.1 Å². The molecule has 1 aromatic carbocycles. The Bertz CT molecular complexity index is 898. The van der Waals surface area contributed by atoms with Crippen molar-refractivity contribution in [2.75, 3.05) is 5.75 Å². The Kier molecular flexibility index (Phi) is 4.13. The highest BCUT2D eigenvalue weighted by Crippen LogP contribution is 2.31. The summed E-state index contributed by atoms with van der Waals surface area (Å²) in [6, 6.07) is 11.8. The van der Waals surface area contributed by atoms with Crippen molar-refractivity contribution in [1.82, 2.24) is 9.55 Å². The monoisotopic (exact) mass is 330 g/mol. The first-order chi connectivity index (χ1) is 10.6. The summed E-state index contributed by atoms with van der Waals surface area (Å²) in [5.74, 6) is 0.387.